The van der Waals surface area contributed by atoms with E-state index in [9.17, 15) is 4.79 Å². The van der Waals surface area contributed by atoms with Crippen molar-refractivity contribution in [3.63, 3.8) is 0 Å². The summed E-state index contributed by atoms with van der Waals surface area (Å²) in [5, 5.41) is 0. The predicted octanol–water partition coefficient (Wildman–Crippen LogP) is 4.55. The summed E-state index contributed by atoms with van der Waals surface area (Å²) in [4.78, 5) is 19.4. The van der Waals surface area contributed by atoms with Gasteiger partial charge in [-0.15, -0.1) is 11.8 Å². The lowest BCUT2D eigenvalue weighted by atomic mass is 10.2. The minimum atomic E-state index is -0.0159. The fourth-order valence-electron chi connectivity index (χ4n) is 2.44. The van der Waals surface area contributed by atoms with Crippen molar-refractivity contribution in [3.8, 4) is 0 Å². The van der Waals surface area contributed by atoms with Gasteiger partial charge in [0.25, 0.3) is 5.91 Å². The van der Waals surface area contributed by atoms with Crippen LogP contribution < -0.4 is 0 Å². The number of aromatic nitrogens is 1. The summed E-state index contributed by atoms with van der Waals surface area (Å²) in [5.41, 5.74) is 1.86. The van der Waals surface area contributed by atoms with Crippen molar-refractivity contribution in [2.45, 2.75) is 24.1 Å². The summed E-state index contributed by atoms with van der Waals surface area (Å²) in [5.74, 6) is 2.49. The molecule has 128 valence electrons. The Morgan fingerprint density at radius 1 is 1.16 bits per heavy atom. The Balaban J connectivity index is 1.58. The molecule has 2 aromatic heterocycles. The van der Waals surface area contributed by atoms with Crippen LogP contribution in [-0.4, -0.2) is 22.8 Å². The molecule has 1 amide bonds. The van der Waals surface area contributed by atoms with Gasteiger partial charge >= 0.3 is 0 Å². The molecular formula is C20H20N2O2S. The Bertz CT molecular complexity index is 828. The van der Waals surface area contributed by atoms with Gasteiger partial charge in [0.1, 0.15) is 11.5 Å². The topological polar surface area (TPSA) is 46.3 Å². The molecule has 4 nitrogen and oxygen atoms in total. The number of pyridine rings is 1. The average Bonchev–Trinajstić information content (AvgIpc) is 3.05. The molecule has 3 aromatic rings. The van der Waals surface area contributed by atoms with Gasteiger partial charge in [-0.3, -0.25) is 9.78 Å². The van der Waals surface area contributed by atoms with Crippen LogP contribution in [0.3, 0.4) is 0 Å². The van der Waals surface area contributed by atoms with E-state index in [-0.39, 0.29) is 5.91 Å². The highest BCUT2D eigenvalue weighted by Gasteiger charge is 2.13. The van der Waals surface area contributed by atoms with Crippen LogP contribution in [0.2, 0.25) is 0 Å². The molecule has 0 radical (unpaired) electrons. The van der Waals surface area contributed by atoms with E-state index in [1.807, 2.05) is 55.6 Å². The lowest BCUT2D eigenvalue weighted by Crippen LogP contribution is -2.25. The van der Waals surface area contributed by atoms with E-state index in [1.165, 1.54) is 5.56 Å². The van der Waals surface area contributed by atoms with Gasteiger partial charge in [0.05, 0.1) is 6.54 Å². The molecule has 5 heteroatoms. The van der Waals surface area contributed by atoms with Crippen molar-refractivity contribution in [1.29, 1.82) is 0 Å². The summed E-state index contributed by atoms with van der Waals surface area (Å²) in [7, 11) is 1.78. The molecule has 0 aliphatic carbocycles. The molecule has 0 saturated carbocycles. The van der Waals surface area contributed by atoms with Crippen LogP contribution in [0.4, 0.5) is 0 Å². The van der Waals surface area contributed by atoms with Crippen LogP contribution in [0.25, 0.3) is 0 Å². The van der Waals surface area contributed by atoms with Crippen LogP contribution in [0.5, 0.6) is 0 Å². The number of aryl methyl sites for hydroxylation is 1. The molecular weight excluding hydrogens is 332 g/mol. The van der Waals surface area contributed by atoms with Crippen LogP contribution in [-0.2, 0) is 12.3 Å². The number of nitrogens with zero attached hydrogens (tertiary/aromatic N) is 2. The predicted molar refractivity (Wildman–Crippen MR) is 99.5 cm³/mol. The maximum atomic E-state index is 12.5. The van der Waals surface area contributed by atoms with E-state index in [4.69, 9.17) is 4.42 Å². The smallest absolute Gasteiger partial charge is 0.254 e. The average molecular weight is 352 g/mol. The molecule has 1 aromatic carbocycles. The van der Waals surface area contributed by atoms with E-state index in [2.05, 4.69) is 11.1 Å². The van der Waals surface area contributed by atoms with Crippen LogP contribution in [0.1, 0.15) is 27.4 Å². The second-order valence-corrected chi connectivity index (χ2v) is 6.90. The highest BCUT2D eigenvalue weighted by Crippen LogP contribution is 2.23. The van der Waals surface area contributed by atoms with Gasteiger partial charge in [-0.2, -0.15) is 0 Å². The van der Waals surface area contributed by atoms with E-state index >= 15 is 0 Å². The highest BCUT2D eigenvalue weighted by atomic mass is 32.2. The fourth-order valence-corrected chi connectivity index (χ4v) is 3.27. The van der Waals surface area contributed by atoms with Gasteiger partial charge in [-0.1, -0.05) is 6.07 Å². The van der Waals surface area contributed by atoms with Gasteiger partial charge < -0.3 is 9.32 Å². The van der Waals surface area contributed by atoms with Gasteiger partial charge in [0.15, 0.2) is 0 Å². The third-order valence-corrected chi connectivity index (χ3v) is 4.85. The molecule has 0 unspecified atom stereocenters. The monoisotopic (exact) mass is 352 g/mol. The highest BCUT2D eigenvalue weighted by molar-refractivity contribution is 7.98. The molecule has 0 N–H and O–H groups in total. The SMILES string of the molecule is Cc1ccc(CN(C)C(=O)c2ccc(SCc3cccnc3)cc2)o1. The summed E-state index contributed by atoms with van der Waals surface area (Å²) in [6, 6.07) is 15.5. The first-order valence-corrected chi connectivity index (χ1v) is 9.03. The normalized spacial score (nSPS) is 10.6. The zero-order chi connectivity index (χ0) is 17.6. The number of furan rings is 1. The summed E-state index contributed by atoms with van der Waals surface area (Å²) in [6.07, 6.45) is 3.64. The quantitative estimate of drug-likeness (QED) is 0.611. The Labute approximate surface area is 151 Å². The summed E-state index contributed by atoms with van der Waals surface area (Å²) in [6.45, 7) is 2.36. The zero-order valence-corrected chi connectivity index (χ0v) is 15.1. The van der Waals surface area contributed by atoms with Crippen LogP contribution >= 0.6 is 11.8 Å². The third-order valence-electron chi connectivity index (χ3n) is 3.77. The maximum Gasteiger partial charge on any atom is 0.254 e. The number of carbonyl (C=O) groups excluding carboxylic acids is 1. The van der Waals surface area contributed by atoms with Crippen molar-refractivity contribution >= 4 is 17.7 Å². The first kappa shape index (κ1) is 17.3. The first-order valence-electron chi connectivity index (χ1n) is 8.04. The van der Waals surface area contributed by atoms with Crippen molar-refractivity contribution in [2.24, 2.45) is 0 Å². The van der Waals surface area contributed by atoms with Gasteiger partial charge in [0, 0.05) is 35.7 Å². The Kier molecular flexibility index (Phi) is 5.56. The van der Waals surface area contributed by atoms with Gasteiger partial charge in [-0.05, 0) is 55.0 Å². The molecule has 25 heavy (non-hydrogen) atoms. The first-order chi connectivity index (χ1) is 12.1. The molecule has 0 spiro atoms. The van der Waals surface area contributed by atoms with Crippen LogP contribution in [0.15, 0.2) is 70.2 Å². The summed E-state index contributed by atoms with van der Waals surface area (Å²) < 4.78 is 5.53. The number of amides is 1. The number of carbonyl (C=O) groups is 1. The minimum Gasteiger partial charge on any atom is -0.464 e. The van der Waals surface area contributed by atoms with E-state index in [0.29, 0.717) is 12.1 Å². The standard InChI is InChI=1S/C20H20N2O2S/c1-15-5-8-18(24-15)13-22(2)20(23)17-6-9-19(10-7-17)25-14-16-4-3-11-21-12-16/h3-12H,13-14H2,1-2H3. The molecule has 0 saturated heterocycles. The number of hydrogen-bond acceptors (Lipinski definition) is 4. The van der Waals surface area contributed by atoms with Crippen molar-refractivity contribution in [1.82, 2.24) is 9.88 Å². The largest absolute Gasteiger partial charge is 0.464 e. The van der Waals surface area contributed by atoms with E-state index in [1.54, 1.807) is 29.9 Å². The van der Waals surface area contributed by atoms with Crippen molar-refractivity contribution in [2.75, 3.05) is 7.05 Å². The lowest BCUT2D eigenvalue weighted by Gasteiger charge is -2.16. The van der Waals surface area contributed by atoms with E-state index < -0.39 is 0 Å². The summed E-state index contributed by atoms with van der Waals surface area (Å²) >= 11 is 1.73. The third kappa shape index (κ3) is 4.73. The molecule has 0 aliphatic heterocycles. The van der Waals surface area contributed by atoms with Crippen LogP contribution in [0, 0.1) is 6.92 Å². The molecule has 0 atom stereocenters. The fraction of sp³-hybridized carbons (Fsp3) is 0.200. The number of hydrogen-bond donors (Lipinski definition) is 0. The number of rotatable bonds is 6. The number of thioether (sulfide) groups is 1. The molecule has 3 rings (SSSR count). The Morgan fingerprint density at radius 3 is 2.60 bits per heavy atom. The Hall–Kier alpha value is -2.53. The van der Waals surface area contributed by atoms with Crippen molar-refractivity contribution in [3.05, 3.63) is 83.6 Å². The van der Waals surface area contributed by atoms with Gasteiger partial charge in [-0.25, -0.2) is 0 Å². The maximum absolute atomic E-state index is 12.5. The van der Waals surface area contributed by atoms with E-state index in [0.717, 1.165) is 22.2 Å². The molecule has 0 aliphatic rings. The zero-order valence-electron chi connectivity index (χ0n) is 14.3. The second-order valence-electron chi connectivity index (χ2n) is 5.85. The Morgan fingerprint density at radius 2 is 1.96 bits per heavy atom. The molecule has 0 fully saturated rings. The minimum absolute atomic E-state index is 0.0159. The number of benzene rings is 1. The second kappa shape index (κ2) is 8.03. The van der Waals surface area contributed by atoms with Gasteiger partial charge in [0.2, 0.25) is 0 Å². The molecule has 2 heterocycles. The lowest BCUT2D eigenvalue weighted by molar-refractivity contribution is 0.0775. The van der Waals surface area contributed by atoms with Crippen molar-refractivity contribution < 1.29 is 9.21 Å². The molecule has 0 bridgehead atoms.